The fourth-order valence-corrected chi connectivity index (χ4v) is 4.92. The molecule has 0 fully saturated rings. The van der Waals surface area contributed by atoms with Crippen LogP contribution in [0.2, 0.25) is 0 Å². The second-order valence-corrected chi connectivity index (χ2v) is 10.0. The molecule has 1 amide bonds. The minimum atomic E-state index is -3.91. The molecule has 0 saturated heterocycles. The highest BCUT2D eigenvalue weighted by Gasteiger charge is 2.23. The number of hydrogen-bond acceptors (Lipinski definition) is 4. The third-order valence-electron chi connectivity index (χ3n) is 5.66. The largest absolute Gasteiger partial charge is 0.360 e. The highest BCUT2D eigenvalue weighted by atomic mass is 32.2. The molecule has 4 aromatic rings. The summed E-state index contributed by atoms with van der Waals surface area (Å²) in [5, 5.41) is 2.89. The highest BCUT2D eigenvalue weighted by molar-refractivity contribution is 7.92. The highest BCUT2D eigenvalue weighted by Crippen LogP contribution is 2.24. The van der Waals surface area contributed by atoms with Gasteiger partial charge in [-0.2, -0.15) is 0 Å². The molecule has 2 N–H and O–H groups in total. The van der Waals surface area contributed by atoms with Crippen LogP contribution in [-0.4, -0.2) is 32.9 Å². The smallest absolute Gasteiger partial charge is 0.264 e. The van der Waals surface area contributed by atoms with E-state index in [1.807, 2.05) is 43.3 Å². The van der Waals surface area contributed by atoms with Crippen molar-refractivity contribution in [2.24, 2.45) is 0 Å². The van der Waals surface area contributed by atoms with Gasteiger partial charge in [0.05, 0.1) is 10.6 Å². The van der Waals surface area contributed by atoms with Gasteiger partial charge in [0.1, 0.15) is 5.56 Å². The Kier molecular flexibility index (Phi) is 6.51. The van der Waals surface area contributed by atoms with E-state index in [0.29, 0.717) is 24.2 Å². The summed E-state index contributed by atoms with van der Waals surface area (Å²) in [6.45, 7) is 2.25. The molecule has 0 atom stereocenters. The molecule has 34 heavy (non-hydrogen) atoms. The second-order valence-electron chi connectivity index (χ2n) is 8.04. The lowest BCUT2D eigenvalue weighted by molar-refractivity contribution is 0.0953. The maximum atomic E-state index is 13.2. The first-order valence-electron chi connectivity index (χ1n) is 10.8. The van der Waals surface area contributed by atoms with Gasteiger partial charge in [-0.1, -0.05) is 42.5 Å². The number of anilines is 1. The molecule has 0 aliphatic rings. The van der Waals surface area contributed by atoms with E-state index in [-0.39, 0.29) is 15.8 Å². The number of benzene rings is 3. The van der Waals surface area contributed by atoms with Crippen molar-refractivity contribution in [1.82, 2.24) is 10.3 Å². The average Bonchev–Trinajstić information content (AvgIpc) is 2.84. The van der Waals surface area contributed by atoms with E-state index in [1.54, 1.807) is 18.2 Å². The number of aryl methyl sites for hydroxylation is 1. The number of carbonyl (C=O) groups is 1. The second kappa shape index (κ2) is 9.52. The molecule has 8 heteroatoms. The summed E-state index contributed by atoms with van der Waals surface area (Å²) in [6.07, 6.45) is 1.99. The SMILES string of the molecule is Cc1cccc(N(C)S(=O)(=O)c2ccc3[nH]cc(C(=O)NCCc4ccccc4)c(=O)c3c2)c1. The fraction of sp³-hybridized carbons (Fsp3) is 0.154. The van der Waals surface area contributed by atoms with Gasteiger partial charge < -0.3 is 10.3 Å². The van der Waals surface area contributed by atoms with Crippen molar-refractivity contribution in [2.75, 3.05) is 17.9 Å². The summed E-state index contributed by atoms with van der Waals surface area (Å²) in [7, 11) is -2.45. The summed E-state index contributed by atoms with van der Waals surface area (Å²) in [6, 6.07) is 21.1. The van der Waals surface area contributed by atoms with Crippen molar-refractivity contribution in [2.45, 2.75) is 18.2 Å². The number of H-pyrrole nitrogens is 1. The van der Waals surface area contributed by atoms with Crippen LogP contribution in [0.3, 0.4) is 0 Å². The number of nitrogens with zero attached hydrogens (tertiary/aromatic N) is 1. The quantitative estimate of drug-likeness (QED) is 0.426. The van der Waals surface area contributed by atoms with E-state index in [4.69, 9.17) is 0 Å². The van der Waals surface area contributed by atoms with Crippen molar-refractivity contribution < 1.29 is 13.2 Å². The van der Waals surface area contributed by atoms with Gasteiger partial charge in [-0.25, -0.2) is 8.42 Å². The van der Waals surface area contributed by atoms with Gasteiger partial charge in [0.2, 0.25) is 5.43 Å². The van der Waals surface area contributed by atoms with E-state index in [2.05, 4.69) is 10.3 Å². The lowest BCUT2D eigenvalue weighted by atomic mass is 10.1. The summed E-state index contributed by atoms with van der Waals surface area (Å²) < 4.78 is 27.6. The third kappa shape index (κ3) is 4.72. The van der Waals surface area contributed by atoms with Crippen molar-refractivity contribution in [1.29, 1.82) is 0 Å². The van der Waals surface area contributed by atoms with Gasteiger partial charge in [0, 0.05) is 30.7 Å². The first kappa shape index (κ1) is 23.3. The van der Waals surface area contributed by atoms with E-state index >= 15 is 0 Å². The molecular weight excluding hydrogens is 450 g/mol. The lowest BCUT2D eigenvalue weighted by Crippen LogP contribution is -2.30. The zero-order valence-electron chi connectivity index (χ0n) is 18.9. The van der Waals surface area contributed by atoms with Crippen molar-refractivity contribution in [3.63, 3.8) is 0 Å². The van der Waals surface area contributed by atoms with Crippen molar-refractivity contribution in [3.05, 3.63) is 106 Å². The Morgan fingerprint density at radius 1 is 1.00 bits per heavy atom. The zero-order chi connectivity index (χ0) is 24.3. The van der Waals surface area contributed by atoms with Crippen LogP contribution in [0.5, 0.6) is 0 Å². The Hall–Kier alpha value is -3.91. The molecule has 0 spiro atoms. The van der Waals surface area contributed by atoms with Crippen LogP contribution in [0, 0.1) is 6.92 Å². The third-order valence-corrected chi connectivity index (χ3v) is 7.44. The van der Waals surface area contributed by atoms with E-state index in [1.165, 1.54) is 35.7 Å². The molecule has 4 rings (SSSR count). The molecule has 0 saturated carbocycles. The Labute approximate surface area is 198 Å². The van der Waals surface area contributed by atoms with Crippen LogP contribution in [0.25, 0.3) is 10.9 Å². The topological polar surface area (TPSA) is 99.3 Å². The first-order chi connectivity index (χ1) is 16.3. The molecule has 1 heterocycles. The van der Waals surface area contributed by atoms with Gasteiger partial charge in [0.25, 0.3) is 15.9 Å². The molecule has 3 aromatic carbocycles. The van der Waals surface area contributed by atoms with Gasteiger partial charge >= 0.3 is 0 Å². The number of fused-ring (bicyclic) bond motifs is 1. The predicted octanol–water partition coefficient (Wildman–Crippen LogP) is 3.63. The molecule has 0 aliphatic heterocycles. The minimum Gasteiger partial charge on any atom is -0.360 e. The maximum Gasteiger partial charge on any atom is 0.264 e. The Morgan fingerprint density at radius 3 is 2.50 bits per heavy atom. The van der Waals surface area contributed by atoms with Gasteiger partial charge in [0.15, 0.2) is 0 Å². The average molecular weight is 476 g/mol. The molecule has 1 aromatic heterocycles. The van der Waals surface area contributed by atoms with Gasteiger partial charge in [-0.15, -0.1) is 0 Å². The molecular formula is C26H25N3O4S. The lowest BCUT2D eigenvalue weighted by Gasteiger charge is -2.20. The van der Waals surface area contributed by atoms with E-state index < -0.39 is 21.4 Å². The Balaban J connectivity index is 1.61. The number of carbonyl (C=O) groups excluding carboxylic acids is 1. The summed E-state index contributed by atoms with van der Waals surface area (Å²) >= 11 is 0. The van der Waals surface area contributed by atoms with Crippen LogP contribution < -0.4 is 15.1 Å². The maximum absolute atomic E-state index is 13.2. The zero-order valence-corrected chi connectivity index (χ0v) is 19.7. The van der Waals surface area contributed by atoms with Crippen LogP contribution in [0.4, 0.5) is 5.69 Å². The number of sulfonamides is 1. The summed E-state index contributed by atoms with van der Waals surface area (Å²) in [5.74, 6) is -0.510. The van der Waals surface area contributed by atoms with Crippen molar-refractivity contribution in [3.8, 4) is 0 Å². The number of pyridine rings is 1. The number of rotatable bonds is 7. The normalized spacial score (nSPS) is 11.4. The molecule has 0 bridgehead atoms. The van der Waals surface area contributed by atoms with Crippen LogP contribution in [-0.2, 0) is 16.4 Å². The van der Waals surface area contributed by atoms with E-state index in [9.17, 15) is 18.0 Å². The Morgan fingerprint density at radius 2 is 1.76 bits per heavy atom. The number of amides is 1. The number of hydrogen-bond donors (Lipinski definition) is 2. The first-order valence-corrected chi connectivity index (χ1v) is 12.2. The van der Waals surface area contributed by atoms with Crippen LogP contribution in [0.1, 0.15) is 21.5 Å². The van der Waals surface area contributed by atoms with Crippen molar-refractivity contribution >= 4 is 32.5 Å². The number of aromatic amines is 1. The number of aromatic nitrogens is 1. The Bertz CT molecular complexity index is 1510. The molecule has 0 aliphatic carbocycles. The molecule has 0 radical (unpaired) electrons. The molecule has 0 unspecified atom stereocenters. The van der Waals surface area contributed by atoms with Crippen LogP contribution >= 0.6 is 0 Å². The fourth-order valence-electron chi connectivity index (χ4n) is 3.71. The van der Waals surface area contributed by atoms with Crippen LogP contribution in [0.15, 0.2) is 88.7 Å². The van der Waals surface area contributed by atoms with E-state index in [0.717, 1.165) is 11.1 Å². The predicted molar refractivity (Wildman–Crippen MR) is 134 cm³/mol. The monoisotopic (exact) mass is 475 g/mol. The van der Waals surface area contributed by atoms with Gasteiger partial charge in [-0.3, -0.25) is 13.9 Å². The van der Waals surface area contributed by atoms with Gasteiger partial charge in [-0.05, 0) is 54.8 Å². The molecule has 7 nitrogen and oxygen atoms in total. The molecule has 174 valence electrons. The minimum absolute atomic E-state index is 0.0314. The number of nitrogens with one attached hydrogen (secondary N) is 2. The summed E-state index contributed by atoms with van der Waals surface area (Å²) in [5.41, 5.74) is 2.37. The summed E-state index contributed by atoms with van der Waals surface area (Å²) in [4.78, 5) is 28.6. The standard InChI is InChI=1S/C26H25N3O4S/c1-18-7-6-10-20(15-18)29(2)34(32,33)21-11-12-24-22(16-21)25(30)23(17-28-24)26(31)27-14-13-19-8-4-3-5-9-19/h3-12,15-17H,13-14H2,1-2H3,(H,27,31)(H,28,30).